The molecule has 208 valence electrons. The van der Waals surface area contributed by atoms with Crippen LogP contribution in [-0.2, 0) is 41.1 Å². The van der Waals surface area contributed by atoms with Gasteiger partial charge in [-0.15, -0.1) is 0 Å². The average Bonchev–Trinajstić information content (AvgIpc) is 3.31. The van der Waals surface area contributed by atoms with Crippen molar-refractivity contribution in [2.24, 2.45) is 0 Å². The van der Waals surface area contributed by atoms with Crippen molar-refractivity contribution in [2.75, 3.05) is 18.9 Å². The molecule has 0 aromatic heterocycles. The van der Waals surface area contributed by atoms with Gasteiger partial charge in [0.1, 0.15) is 11.9 Å². The number of hydrogen-bond acceptors (Lipinski definition) is 4. The van der Waals surface area contributed by atoms with Crippen molar-refractivity contribution in [1.29, 1.82) is 0 Å². The molecular formula is C27H30F6N2O3. The fourth-order valence-electron chi connectivity index (χ4n) is 4.50. The second kappa shape index (κ2) is 12.1. The minimum Gasteiger partial charge on any atom is -0.441 e. The predicted molar refractivity (Wildman–Crippen MR) is 130 cm³/mol. The van der Waals surface area contributed by atoms with Crippen LogP contribution in [0.4, 0.5) is 36.8 Å². The van der Waals surface area contributed by atoms with Crippen LogP contribution in [0.15, 0.2) is 30.3 Å². The normalized spacial score (nSPS) is 14.1. The van der Waals surface area contributed by atoms with Gasteiger partial charge in [0.05, 0.1) is 11.1 Å². The number of Topliss-reactive ketones (excluding diaryl/α,β-unsaturated/α-hetero) is 1. The molecule has 1 unspecified atom stereocenters. The topological polar surface area (TPSA) is 67.4 Å². The first-order valence-electron chi connectivity index (χ1n) is 12.4. The number of alkyl carbamates (subject to hydrolysis) is 1. The minimum atomic E-state index is -5.00. The number of halogens is 6. The number of aryl methyl sites for hydroxylation is 2. The van der Waals surface area contributed by atoms with Gasteiger partial charge in [0.2, 0.25) is 0 Å². The molecule has 2 aromatic rings. The van der Waals surface area contributed by atoms with E-state index in [9.17, 15) is 35.9 Å². The van der Waals surface area contributed by atoms with Gasteiger partial charge in [-0.2, -0.15) is 26.3 Å². The fraction of sp³-hybridized carbons (Fsp3) is 0.481. The molecule has 1 aliphatic rings. The second-order valence-corrected chi connectivity index (χ2v) is 9.25. The van der Waals surface area contributed by atoms with E-state index in [1.807, 2.05) is 6.07 Å². The monoisotopic (exact) mass is 544 g/mol. The molecule has 0 bridgehead atoms. The number of alkyl halides is 6. The zero-order chi connectivity index (χ0) is 28.1. The molecule has 0 radical (unpaired) electrons. The van der Waals surface area contributed by atoms with E-state index in [4.69, 9.17) is 4.74 Å². The van der Waals surface area contributed by atoms with Gasteiger partial charge in [0, 0.05) is 44.1 Å². The van der Waals surface area contributed by atoms with E-state index < -0.39 is 42.1 Å². The van der Waals surface area contributed by atoms with Crippen LogP contribution < -0.4 is 10.6 Å². The van der Waals surface area contributed by atoms with Gasteiger partial charge < -0.3 is 15.4 Å². The Kier molecular flexibility index (Phi) is 9.32. The number of rotatable bonds is 10. The van der Waals surface area contributed by atoms with E-state index in [-0.39, 0.29) is 17.4 Å². The van der Waals surface area contributed by atoms with Crippen molar-refractivity contribution in [3.63, 3.8) is 0 Å². The summed E-state index contributed by atoms with van der Waals surface area (Å²) in [5, 5.41) is 5.51. The summed E-state index contributed by atoms with van der Waals surface area (Å²) in [4.78, 5) is 23.9. The zero-order valence-electron chi connectivity index (χ0n) is 21.1. The number of ether oxygens (including phenoxy) is 1. The molecule has 38 heavy (non-hydrogen) atoms. The van der Waals surface area contributed by atoms with E-state index in [1.165, 1.54) is 7.05 Å². The summed E-state index contributed by atoms with van der Waals surface area (Å²) < 4.78 is 86.1. The first-order valence-corrected chi connectivity index (χ1v) is 12.4. The lowest BCUT2D eigenvalue weighted by Crippen LogP contribution is -2.24. The quantitative estimate of drug-likeness (QED) is 0.249. The average molecular weight is 545 g/mol. The molecule has 2 N–H and O–H groups in total. The Balaban J connectivity index is 2.02. The lowest BCUT2D eigenvalue weighted by Gasteiger charge is -2.24. The smallest absolute Gasteiger partial charge is 0.416 e. The number of carbonyl (C=O) groups excluding carboxylic acids is 2. The molecule has 5 nitrogen and oxygen atoms in total. The van der Waals surface area contributed by atoms with Crippen LogP contribution in [0, 0.1) is 0 Å². The van der Waals surface area contributed by atoms with Crippen molar-refractivity contribution < 1.29 is 40.7 Å². The van der Waals surface area contributed by atoms with E-state index in [1.54, 1.807) is 13.0 Å². The lowest BCUT2D eigenvalue weighted by molar-refractivity contribution is -0.143. The summed E-state index contributed by atoms with van der Waals surface area (Å²) in [5.74, 6) is 0.104. The van der Waals surface area contributed by atoms with Crippen molar-refractivity contribution in [3.05, 3.63) is 63.7 Å². The Hall–Kier alpha value is -3.24. The molecule has 3 rings (SSSR count). The largest absolute Gasteiger partial charge is 0.441 e. The lowest BCUT2D eigenvalue weighted by atomic mass is 9.94. The van der Waals surface area contributed by atoms with Gasteiger partial charge in [-0.05, 0) is 72.7 Å². The molecule has 0 saturated carbocycles. The Morgan fingerprint density at radius 1 is 0.947 bits per heavy atom. The van der Waals surface area contributed by atoms with Gasteiger partial charge in [0.15, 0.2) is 0 Å². The highest BCUT2D eigenvalue weighted by molar-refractivity contribution is 5.78. The molecule has 0 spiro atoms. The van der Waals surface area contributed by atoms with Gasteiger partial charge in [-0.3, -0.25) is 4.79 Å². The number of amides is 1. The summed E-state index contributed by atoms with van der Waals surface area (Å²) in [5.41, 5.74) is -0.0901. The van der Waals surface area contributed by atoms with Crippen molar-refractivity contribution in [2.45, 2.75) is 70.3 Å². The molecule has 1 atom stereocenters. The van der Waals surface area contributed by atoms with Crippen LogP contribution in [-0.4, -0.2) is 25.5 Å². The first-order chi connectivity index (χ1) is 17.8. The molecule has 11 heteroatoms. The van der Waals surface area contributed by atoms with E-state index >= 15 is 0 Å². The third-order valence-electron chi connectivity index (χ3n) is 6.48. The van der Waals surface area contributed by atoms with Crippen LogP contribution in [0.25, 0.3) is 0 Å². The Morgan fingerprint density at radius 3 is 2.11 bits per heavy atom. The standard InChI is InChI=1S/C27H30F6N2O3/c1-3-21(36)8-5-9-35-23-14-18-7-4-6-17(18)13-22(23)24(38-25(37)34-2)12-16-10-19(26(28,29)30)15-20(11-16)27(31,32)33/h10-11,13-15,24,35H,3-9,12H2,1-2H3,(H,34,37). The van der Waals surface area contributed by atoms with E-state index in [2.05, 4.69) is 10.6 Å². The van der Waals surface area contributed by atoms with Crippen LogP contribution >= 0.6 is 0 Å². The molecule has 0 heterocycles. The third-order valence-corrected chi connectivity index (χ3v) is 6.48. The maximum Gasteiger partial charge on any atom is 0.416 e. The summed E-state index contributed by atoms with van der Waals surface area (Å²) in [6.07, 6.45) is -8.67. The fourth-order valence-corrected chi connectivity index (χ4v) is 4.50. The number of nitrogens with one attached hydrogen (secondary N) is 2. The van der Waals surface area contributed by atoms with Crippen molar-refractivity contribution >= 4 is 17.6 Å². The molecule has 1 amide bonds. The SMILES string of the molecule is CCC(=O)CCCNc1cc2c(cc1C(Cc1cc(C(F)(F)F)cc(C(F)(F)F)c1)OC(=O)NC)CCC2. The highest BCUT2D eigenvalue weighted by Gasteiger charge is 2.37. The molecule has 0 saturated heterocycles. The van der Waals surface area contributed by atoms with Crippen molar-refractivity contribution in [3.8, 4) is 0 Å². The molecular weight excluding hydrogens is 514 g/mol. The Labute approximate surface area is 216 Å². The molecule has 2 aromatic carbocycles. The summed E-state index contributed by atoms with van der Waals surface area (Å²) >= 11 is 0. The maximum absolute atomic E-state index is 13.4. The molecule has 1 aliphatic carbocycles. The van der Waals surface area contributed by atoms with Gasteiger partial charge in [-0.25, -0.2) is 4.79 Å². The number of ketones is 1. The van der Waals surface area contributed by atoms with Crippen molar-refractivity contribution in [1.82, 2.24) is 5.32 Å². The second-order valence-electron chi connectivity index (χ2n) is 9.25. The summed E-state index contributed by atoms with van der Waals surface area (Å²) in [7, 11) is 1.30. The first kappa shape index (κ1) is 29.3. The number of hydrogen-bond donors (Lipinski definition) is 2. The van der Waals surface area contributed by atoms with E-state index in [0.717, 1.165) is 30.4 Å². The third kappa shape index (κ3) is 7.64. The number of benzene rings is 2. The summed E-state index contributed by atoms with van der Waals surface area (Å²) in [6.45, 7) is 2.18. The number of anilines is 1. The highest BCUT2D eigenvalue weighted by atomic mass is 19.4. The van der Waals surface area contributed by atoms with Crippen LogP contribution in [0.1, 0.15) is 72.1 Å². The van der Waals surface area contributed by atoms with Crippen LogP contribution in [0.3, 0.4) is 0 Å². The van der Waals surface area contributed by atoms with Crippen LogP contribution in [0.5, 0.6) is 0 Å². The number of fused-ring (bicyclic) bond motifs is 1. The van der Waals surface area contributed by atoms with Gasteiger partial charge in [0.25, 0.3) is 0 Å². The summed E-state index contributed by atoms with van der Waals surface area (Å²) in [6, 6.07) is 5.04. The maximum atomic E-state index is 13.4. The highest BCUT2D eigenvalue weighted by Crippen LogP contribution is 2.39. The molecule has 0 aliphatic heterocycles. The van der Waals surface area contributed by atoms with E-state index in [0.29, 0.717) is 49.2 Å². The van der Waals surface area contributed by atoms with Crippen LogP contribution in [0.2, 0.25) is 0 Å². The zero-order valence-corrected chi connectivity index (χ0v) is 21.1. The Bertz CT molecular complexity index is 1130. The minimum absolute atomic E-state index is 0.0675. The Morgan fingerprint density at radius 2 is 1.55 bits per heavy atom. The van der Waals surface area contributed by atoms with Gasteiger partial charge >= 0.3 is 18.4 Å². The van der Waals surface area contributed by atoms with Gasteiger partial charge in [-0.1, -0.05) is 6.92 Å². The molecule has 0 fully saturated rings. The predicted octanol–water partition coefficient (Wildman–Crippen LogP) is 7.02. The number of carbonyl (C=O) groups is 2.